The number of nitrogens with zero attached hydrogens (tertiary/aromatic N) is 2. The van der Waals surface area contributed by atoms with E-state index in [1.165, 1.54) is 56.6 Å². The van der Waals surface area contributed by atoms with Crippen LogP contribution in [0.3, 0.4) is 0 Å². The third kappa shape index (κ3) is 5.50. The van der Waals surface area contributed by atoms with Gasteiger partial charge in [0, 0.05) is 37.4 Å². The summed E-state index contributed by atoms with van der Waals surface area (Å²) in [5, 5.41) is 14.0. The standard InChI is InChI=1S/C33H42FN3O3/c34-27-12-13-28-26(22-27)23-32(14-6-4-2-1-3-5-7-15-32)29(35-28)24-8-10-25(11-9-24)30(38)36-18-20-37(21-19-36)31(39)33(40)16-17-33/h8-13,22,29,35,40H,1-7,14-21,23H2. The van der Waals surface area contributed by atoms with Crippen LogP contribution in [0.5, 0.6) is 0 Å². The van der Waals surface area contributed by atoms with Crippen LogP contribution in [0.4, 0.5) is 10.1 Å². The number of nitrogens with one attached hydrogen (secondary N) is 1. The van der Waals surface area contributed by atoms with E-state index in [-0.39, 0.29) is 29.1 Å². The fraction of sp³-hybridized carbons (Fsp3) is 0.576. The summed E-state index contributed by atoms with van der Waals surface area (Å²) in [5.41, 5.74) is 2.78. The number of rotatable bonds is 3. The van der Waals surface area contributed by atoms with Gasteiger partial charge in [0.2, 0.25) is 0 Å². The van der Waals surface area contributed by atoms with Crippen LogP contribution in [-0.2, 0) is 11.2 Å². The minimum absolute atomic E-state index is 0.0121. The molecule has 2 N–H and O–H groups in total. The van der Waals surface area contributed by atoms with E-state index < -0.39 is 5.60 Å². The number of fused-ring (bicyclic) bond motifs is 1. The number of amides is 2. The molecule has 0 aromatic heterocycles. The first-order valence-electron chi connectivity index (χ1n) is 15.3. The molecule has 3 fully saturated rings. The van der Waals surface area contributed by atoms with Gasteiger partial charge in [0.05, 0.1) is 6.04 Å². The molecule has 1 spiro atoms. The molecular weight excluding hydrogens is 505 g/mol. The molecule has 2 aliphatic heterocycles. The Bertz CT molecular complexity index is 1220. The number of benzene rings is 2. The summed E-state index contributed by atoms with van der Waals surface area (Å²) < 4.78 is 14.2. The van der Waals surface area contributed by atoms with Crippen molar-refractivity contribution < 1.29 is 19.1 Å². The molecule has 2 saturated carbocycles. The monoisotopic (exact) mass is 547 g/mol. The van der Waals surface area contributed by atoms with Crippen molar-refractivity contribution >= 4 is 17.5 Å². The SMILES string of the molecule is O=C(c1ccc(C2Nc3ccc(F)cc3CC23CCCCCCCCC3)cc1)N1CCN(C(=O)C2(O)CC2)CC1. The van der Waals surface area contributed by atoms with Gasteiger partial charge in [0.1, 0.15) is 11.4 Å². The van der Waals surface area contributed by atoms with Gasteiger partial charge in [-0.1, -0.05) is 57.1 Å². The van der Waals surface area contributed by atoms with Crippen LogP contribution in [0.15, 0.2) is 42.5 Å². The molecule has 4 aliphatic rings. The lowest BCUT2D eigenvalue weighted by Crippen LogP contribution is -2.53. The minimum atomic E-state index is -1.16. The Morgan fingerprint density at radius 1 is 0.800 bits per heavy atom. The number of hydrogen-bond acceptors (Lipinski definition) is 4. The molecular formula is C33H42FN3O3. The van der Waals surface area contributed by atoms with Crippen LogP contribution in [-0.4, -0.2) is 58.5 Å². The fourth-order valence-corrected chi connectivity index (χ4v) is 7.24. The first-order chi connectivity index (χ1) is 19.4. The number of piperazine rings is 1. The van der Waals surface area contributed by atoms with E-state index in [9.17, 15) is 19.1 Å². The maximum atomic E-state index is 14.2. The summed E-state index contributed by atoms with van der Waals surface area (Å²) >= 11 is 0. The highest BCUT2D eigenvalue weighted by Gasteiger charge is 2.50. The lowest BCUT2D eigenvalue weighted by atomic mass is 9.64. The van der Waals surface area contributed by atoms with E-state index in [0.29, 0.717) is 44.6 Å². The largest absolute Gasteiger partial charge is 0.380 e. The second kappa shape index (κ2) is 11.2. The molecule has 6 rings (SSSR count). The molecule has 1 unspecified atom stereocenters. The summed E-state index contributed by atoms with van der Waals surface area (Å²) in [6, 6.07) is 13.3. The van der Waals surface area contributed by atoms with E-state index in [2.05, 4.69) is 17.4 Å². The molecule has 7 heteroatoms. The van der Waals surface area contributed by atoms with E-state index in [1.54, 1.807) is 11.0 Å². The van der Waals surface area contributed by atoms with Crippen LogP contribution >= 0.6 is 0 Å². The second-order valence-corrected chi connectivity index (χ2v) is 12.6. The zero-order valence-electron chi connectivity index (χ0n) is 23.5. The van der Waals surface area contributed by atoms with E-state index in [1.807, 2.05) is 23.1 Å². The van der Waals surface area contributed by atoms with Crippen LogP contribution in [0.1, 0.15) is 98.2 Å². The average Bonchev–Trinajstić information content (AvgIpc) is 3.74. The molecule has 1 saturated heterocycles. The van der Waals surface area contributed by atoms with Crippen LogP contribution < -0.4 is 5.32 Å². The molecule has 0 bridgehead atoms. The van der Waals surface area contributed by atoms with Gasteiger partial charge in [-0.05, 0) is 79.0 Å². The summed E-state index contributed by atoms with van der Waals surface area (Å²) in [4.78, 5) is 29.3. The zero-order valence-corrected chi connectivity index (χ0v) is 23.5. The van der Waals surface area contributed by atoms with Gasteiger partial charge in [-0.3, -0.25) is 9.59 Å². The number of hydrogen-bond donors (Lipinski definition) is 2. The van der Waals surface area contributed by atoms with Gasteiger partial charge in [0.15, 0.2) is 0 Å². The Kier molecular flexibility index (Phi) is 7.60. The highest BCUT2D eigenvalue weighted by molar-refractivity contribution is 5.94. The summed E-state index contributed by atoms with van der Waals surface area (Å²) in [5.74, 6) is -0.386. The predicted molar refractivity (Wildman–Crippen MR) is 154 cm³/mol. The normalized spacial score (nSPS) is 24.1. The number of carbonyl (C=O) groups is 2. The number of halogens is 1. The molecule has 2 aromatic rings. The third-order valence-corrected chi connectivity index (χ3v) is 9.84. The zero-order chi connectivity index (χ0) is 27.7. The van der Waals surface area contributed by atoms with Crippen molar-refractivity contribution in [1.82, 2.24) is 9.80 Å². The molecule has 0 radical (unpaired) electrons. The first kappa shape index (κ1) is 27.3. The van der Waals surface area contributed by atoms with E-state index in [0.717, 1.165) is 30.5 Å². The van der Waals surface area contributed by atoms with Crippen molar-refractivity contribution in [3.05, 3.63) is 65.0 Å². The molecule has 1 atom stereocenters. The molecule has 2 aromatic carbocycles. The highest BCUT2D eigenvalue weighted by Crippen LogP contribution is 2.52. The van der Waals surface area contributed by atoms with Gasteiger partial charge < -0.3 is 20.2 Å². The van der Waals surface area contributed by atoms with Gasteiger partial charge in [-0.2, -0.15) is 0 Å². The topological polar surface area (TPSA) is 72.9 Å². The van der Waals surface area contributed by atoms with Crippen molar-refractivity contribution in [3.8, 4) is 0 Å². The van der Waals surface area contributed by atoms with Crippen LogP contribution in [0.25, 0.3) is 0 Å². The Morgan fingerprint density at radius 3 is 2.02 bits per heavy atom. The van der Waals surface area contributed by atoms with Crippen LogP contribution in [0.2, 0.25) is 0 Å². The number of carbonyl (C=O) groups excluding carboxylic acids is 2. The smallest absolute Gasteiger partial charge is 0.254 e. The quantitative estimate of drug-likeness (QED) is 0.505. The minimum Gasteiger partial charge on any atom is -0.380 e. The predicted octanol–water partition coefficient (Wildman–Crippen LogP) is 5.86. The fourth-order valence-electron chi connectivity index (χ4n) is 7.24. The third-order valence-electron chi connectivity index (χ3n) is 9.84. The molecule has 2 heterocycles. The molecule has 40 heavy (non-hydrogen) atoms. The van der Waals surface area contributed by atoms with Crippen molar-refractivity contribution in [2.75, 3.05) is 31.5 Å². The summed E-state index contributed by atoms with van der Waals surface area (Å²) in [7, 11) is 0. The lowest BCUT2D eigenvalue weighted by Gasteiger charge is -2.47. The summed E-state index contributed by atoms with van der Waals surface area (Å²) in [6.45, 7) is 1.87. The Labute approximate surface area is 236 Å². The van der Waals surface area contributed by atoms with Crippen molar-refractivity contribution in [2.45, 2.75) is 88.7 Å². The molecule has 214 valence electrons. The van der Waals surface area contributed by atoms with Gasteiger partial charge >= 0.3 is 0 Å². The lowest BCUT2D eigenvalue weighted by molar-refractivity contribution is -0.143. The molecule has 2 aliphatic carbocycles. The maximum absolute atomic E-state index is 14.2. The van der Waals surface area contributed by atoms with Crippen molar-refractivity contribution in [2.24, 2.45) is 5.41 Å². The summed E-state index contributed by atoms with van der Waals surface area (Å²) in [6.07, 6.45) is 12.9. The van der Waals surface area contributed by atoms with E-state index in [4.69, 9.17) is 0 Å². The number of anilines is 1. The Balaban J connectivity index is 1.20. The van der Waals surface area contributed by atoms with E-state index >= 15 is 0 Å². The first-order valence-corrected chi connectivity index (χ1v) is 15.3. The van der Waals surface area contributed by atoms with Gasteiger partial charge in [-0.15, -0.1) is 0 Å². The number of aliphatic hydroxyl groups is 1. The highest BCUT2D eigenvalue weighted by atomic mass is 19.1. The Morgan fingerprint density at radius 2 is 1.40 bits per heavy atom. The molecule has 6 nitrogen and oxygen atoms in total. The Hall–Kier alpha value is -2.93. The average molecular weight is 548 g/mol. The van der Waals surface area contributed by atoms with Crippen molar-refractivity contribution in [1.29, 1.82) is 0 Å². The van der Waals surface area contributed by atoms with Gasteiger partial charge in [-0.25, -0.2) is 4.39 Å². The van der Waals surface area contributed by atoms with Crippen molar-refractivity contribution in [3.63, 3.8) is 0 Å². The van der Waals surface area contributed by atoms with Crippen LogP contribution in [0, 0.1) is 11.2 Å². The van der Waals surface area contributed by atoms with Gasteiger partial charge in [0.25, 0.3) is 11.8 Å². The molecule has 2 amide bonds. The second-order valence-electron chi connectivity index (χ2n) is 12.6. The maximum Gasteiger partial charge on any atom is 0.254 e.